The van der Waals surface area contributed by atoms with Gasteiger partial charge >= 0.3 is 0 Å². The largest absolute Gasteiger partial charge is 0.330 e. The van der Waals surface area contributed by atoms with Crippen molar-refractivity contribution in [2.75, 3.05) is 0 Å². The number of aromatic nitrogens is 2. The molecule has 140 valence electrons. The topological polar surface area (TPSA) is 17.8 Å². The molecule has 0 amide bonds. The van der Waals surface area contributed by atoms with Crippen molar-refractivity contribution in [3.05, 3.63) is 76.4 Å². The molecule has 1 aromatic heterocycles. The summed E-state index contributed by atoms with van der Waals surface area (Å²) in [5, 5.41) is 0. The van der Waals surface area contributed by atoms with Gasteiger partial charge in [-0.2, -0.15) is 0 Å². The maximum absolute atomic E-state index is 4.64. The number of hydrogen-bond acceptors (Lipinski definition) is 1. The number of allylic oxidation sites excluding steroid dienone is 4. The van der Waals surface area contributed by atoms with Crippen LogP contribution in [0.1, 0.15) is 61.7 Å². The van der Waals surface area contributed by atoms with E-state index in [2.05, 4.69) is 80.7 Å². The minimum Gasteiger partial charge on any atom is -0.330 e. The number of halogens is 1. The third-order valence-corrected chi connectivity index (χ3v) is 5.12. The Balaban J connectivity index is 0.00000243. The summed E-state index contributed by atoms with van der Waals surface area (Å²) >= 11 is 0. The van der Waals surface area contributed by atoms with Crippen molar-refractivity contribution in [1.29, 1.82) is 0 Å². The highest BCUT2D eigenvalue weighted by molar-refractivity contribution is 5.85. The van der Waals surface area contributed by atoms with Gasteiger partial charge in [0.2, 0.25) is 0 Å². The molecule has 3 rings (SSSR count). The number of aryl methyl sites for hydroxylation is 2. The Hall–Kier alpha value is -1.80. The Labute approximate surface area is 164 Å². The smallest absolute Gasteiger partial charge is 0.113 e. The van der Waals surface area contributed by atoms with Crippen LogP contribution in [0.4, 0.5) is 0 Å². The third-order valence-electron chi connectivity index (χ3n) is 5.12. The molecule has 3 heteroatoms. The summed E-state index contributed by atoms with van der Waals surface area (Å²) in [5.41, 5.74) is 7.14. The Morgan fingerprint density at radius 2 is 1.77 bits per heavy atom. The van der Waals surface area contributed by atoms with Crippen molar-refractivity contribution < 1.29 is 0 Å². The highest BCUT2D eigenvalue weighted by Gasteiger charge is 2.17. The number of imidazole rings is 1. The number of nitrogens with zero attached hydrogens (tertiary/aromatic N) is 2. The lowest BCUT2D eigenvalue weighted by atomic mass is 9.83. The van der Waals surface area contributed by atoms with Crippen LogP contribution < -0.4 is 0 Å². The molecule has 0 aliphatic heterocycles. The molecule has 1 aliphatic rings. The fourth-order valence-electron chi connectivity index (χ4n) is 3.50. The maximum Gasteiger partial charge on any atom is 0.113 e. The average Bonchev–Trinajstić information content (AvgIpc) is 2.97. The van der Waals surface area contributed by atoms with Gasteiger partial charge in [-0.25, -0.2) is 4.98 Å². The van der Waals surface area contributed by atoms with Gasteiger partial charge < -0.3 is 4.57 Å². The molecular weight excluding hydrogens is 340 g/mol. The molecule has 2 aromatic rings. The van der Waals surface area contributed by atoms with Gasteiger partial charge in [0.25, 0.3) is 0 Å². The number of hydrogen-bond donors (Lipinski definition) is 0. The van der Waals surface area contributed by atoms with E-state index in [9.17, 15) is 0 Å². The lowest BCUT2D eigenvalue weighted by molar-refractivity contribution is 0.588. The Morgan fingerprint density at radius 1 is 1.08 bits per heavy atom. The van der Waals surface area contributed by atoms with Crippen molar-refractivity contribution in [1.82, 2.24) is 9.55 Å². The second-order valence-electron chi connectivity index (χ2n) is 8.25. The molecule has 0 spiro atoms. The molecule has 0 saturated carbocycles. The van der Waals surface area contributed by atoms with Crippen molar-refractivity contribution >= 4 is 12.4 Å². The van der Waals surface area contributed by atoms with Crippen molar-refractivity contribution in [3.63, 3.8) is 0 Å². The zero-order chi connectivity index (χ0) is 18.0. The molecule has 2 nitrogen and oxygen atoms in total. The minimum atomic E-state index is 0. The average molecular weight is 371 g/mol. The summed E-state index contributed by atoms with van der Waals surface area (Å²) in [4.78, 5) is 4.64. The summed E-state index contributed by atoms with van der Waals surface area (Å²) in [6.45, 7) is 12.2. The number of benzene rings is 1. The first kappa shape index (κ1) is 20.5. The summed E-state index contributed by atoms with van der Waals surface area (Å²) in [6.07, 6.45) is 14.1. The molecule has 0 radical (unpaired) electrons. The van der Waals surface area contributed by atoms with E-state index in [1.54, 1.807) is 0 Å². The van der Waals surface area contributed by atoms with Crippen LogP contribution in [-0.4, -0.2) is 9.55 Å². The summed E-state index contributed by atoms with van der Waals surface area (Å²) < 4.78 is 2.29. The van der Waals surface area contributed by atoms with Crippen LogP contribution in [0.25, 0.3) is 0 Å². The lowest BCUT2D eigenvalue weighted by Crippen LogP contribution is -2.13. The fraction of sp³-hybridized carbons (Fsp3) is 0.435. The number of rotatable bonds is 4. The highest BCUT2D eigenvalue weighted by atomic mass is 35.5. The predicted octanol–water partition coefficient (Wildman–Crippen LogP) is 6.09. The molecule has 1 heterocycles. The zero-order valence-electron chi connectivity index (χ0n) is 16.7. The second kappa shape index (κ2) is 8.26. The van der Waals surface area contributed by atoms with E-state index < -0.39 is 0 Å². The molecule has 0 unspecified atom stereocenters. The van der Waals surface area contributed by atoms with Crippen molar-refractivity contribution in [2.45, 2.75) is 65.8 Å². The van der Waals surface area contributed by atoms with E-state index in [-0.39, 0.29) is 17.8 Å². The van der Waals surface area contributed by atoms with E-state index in [1.165, 1.54) is 34.2 Å². The van der Waals surface area contributed by atoms with Gasteiger partial charge in [-0.1, -0.05) is 51.1 Å². The van der Waals surface area contributed by atoms with Gasteiger partial charge in [0, 0.05) is 25.4 Å². The fourth-order valence-corrected chi connectivity index (χ4v) is 3.50. The van der Waals surface area contributed by atoms with E-state index in [4.69, 9.17) is 0 Å². The third kappa shape index (κ3) is 4.67. The van der Waals surface area contributed by atoms with Crippen LogP contribution in [0.5, 0.6) is 0 Å². The van der Waals surface area contributed by atoms with E-state index in [0.29, 0.717) is 0 Å². The molecule has 0 bridgehead atoms. The second-order valence-corrected chi connectivity index (χ2v) is 8.25. The van der Waals surface area contributed by atoms with Crippen molar-refractivity contribution in [3.8, 4) is 0 Å². The Kier molecular flexibility index (Phi) is 6.52. The lowest BCUT2D eigenvalue weighted by Gasteiger charge is -2.22. The van der Waals surface area contributed by atoms with Crippen LogP contribution in [0, 0.1) is 13.8 Å². The SMILES string of the molecule is Cc1cc(C(C)(C)C)cc(C)c1Cc1nccn1CC1=CCCC=C1.Cl. The van der Waals surface area contributed by atoms with Crippen LogP contribution >= 0.6 is 12.4 Å². The van der Waals surface area contributed by atoms with E-state index in [1.807, 2.05) is 6.20 Å². The van der Waals surface area contributed by atoms with Gasteiger partial charge in [-0.3, -0.25) is 0 Å². The van der Waals surface area contributed by atoms with E-state index in [0.717, 1.165) is 25.2 Å². The van der Waals surface area contributed by atoms with Gasteiger partial charge in [0.1, 0.15) is 5.82 Å². The van der Waals surface area contributed by atoms with Crippen LogP contribution in [0.3, 0.4) is 0 Å². The van der Waals surface area contributed by atoms with Crippen LogP contribution in [0.2, 0.25) is 0 Å². The molecule has 0 saturated heterocycles. The summed E-state index contributed by atoms with van der Waals surface area (Å²) in [5.74, 6) is 1.15. The molecule has 1 aliphatic carbocycles. The first-order valence-electron chi connectivity index (χ1n) is 9.31. The Morgan fingerprint density at radius 3 is 2.35 bits per heavy atom. The normalized spacial score (nSPS) is 14.1. The first-order valence-corrected chi connectivity index (χ1v) is 9.31. The highest BCUT2D eigenvalue weighted by Crippen LogP contribution is 2.28. The van der Waals surface area contributed by atoms with Gasteiger partial charge in [0.05, 0.1) is 0 Å². The first-order chi connectivity index (χ1) is 11.8. The summed E-state index contributed by atoms with van der Waals surface area (Å²) in [7, 11) is 0. The quantitative estimate of drug-likeness (QED) is 0.637. The zero-order valence-corrected chi connectivity index (χ0v) is 17.5. The monoisotopic (exact) mass is 370 g/mol. The summed E-state index contributed by atoms with van der Waals surface area (Å²) in [6, 6.07) is 4.70. The standard InChI is InChI=1S/C23H30N2.ClH/c1-17-13-20(23(3,4)5)14-18(2)21(17)15-22-24-11-12-25(22)16-19-9-7-6-8-10-19;/h7,9-14H,6,8,15-16H2,1-5H3;1H. The van der Waals surface area contributed by atoms with Gasteiger partial charge in [-0.15, -0.1) is 12.4 Å². The molecule has 0 fully saturated rings. The van der Waals surface area contributed by atoms with Crippen LogP contribution in [0.15, 0.2) is 48.3 Å². The predicted molar refractivity (Wildman–Crippen MR) is 113 cm³/mol. The van der Waals surface area contributed by atoms with Gasteiger partial charge in [0.15, 0.2) is 0 Å². The molecule has 0 atom stereocenters. The Bertz CT molecular complexity index is 796. The van der Waals surface area contributed by atoms with Crippen molar-refractivity contribution in [2.24, 2.45) is 0 Å². The molecule has 26 heavy (non-hydrogen) atoms. The molecular formula is C23H31ClN2. The maximum atomic E-state index is 4.64. The molecule has 0 N–H and O–H groups in total. The van der Waals surface area contributed by atoms with E-state index >= 15 is 0 Å². The minimum absolute atomic E-state index is 0. The van der Waals surface area contributed by atoms with Crippen LogP contribution in [-0.2, 0) is 18.4 Å². The van der Waals surface area contributed by atoms with Gasteiger partial charge in [-0.05, 0) is 59.9 Å². The molecule has 1 aromatic carbocycles.